The van der Waals surface area contributed by atoms with Crippen molar-refractivity contribution in [1.29, 1.82) is 0 Å². The van der Waals surface area contributed by atoms with Gasteiger partial charge in [0.2, 0.25) is 0 Å². The molecule has 2 fully saturated rings. The number of nitrogens with two attached hydrogens (primary N) is 2. The Labute approximate surface area is 159 Å². The van der Waals surface area contributed by atoms with Gasteiger partial charge in [0.25, 0.3) is 5.91 Å². The van der Waals surface area contributed by atoms with Crippen molar-refractivity contribution in [3.8, 4) is 0 Å². The van der Waals surface area contributed by atoms with E-state index in [1.807, 2.05) is 27.5 Å². The fourth-order valence-corrected chi connectivity index (χ4v) is 4.62. The number of hydrogen-bond acceptors (Lipinski definition) is 5. The van der Waals surface area contributed by atoms with E-state index in [2.05, 4.69) is 10.3 Å². The Bertz CT molecular complexity index is 703. The van der Waals surface area contributed by atoms with Crippen LogP contribution in [0.2, 0.25) is 0 Å². The number of piperidine rings is 1. The molecule has 1 aliphatic carbocycles. The number of anilines is 2. The van der Waals surface area contributed by atoms with Gasteiger partial charge in [-0.25, -0.2) is 9.78 Å². The fraction of sp³-hybridized carbons (Fsp3) is 0.562. The molecule has 0 radical (unpaired) electrons. The first-order chi connectivity index (χ1) is 11.8. The molecule has 2 aliphatic rings. The van der Waals surface area contributed by atoms with Crippen molar-refractivity contribution in [2.75, 3.05) is 23.7 Å². The van der Waals surface area contributed by atoms with Crippen LogP contribution in [0, 0.1) is 8.99 Å². The molecule has 1 spiro atoms. The Balaban J connectivity index is 1.80. The minimum absolute atomic E-state index is 0.00230. The zero-order valence-electron chi connectivity index (χ0n) is 13.8. The SMILES string of the molecule is NC(=O)c1cc(I)c(N)nc1N1CCC2(CCCC2NC(=O)O)CC1. The van der Waals surface area contributed by atoms with Crippen molar-refractivity contribution < 1.29 is 14.7 Å². The average Bonchev–Trinajstić information content (AvgIpc) is 2.92. The van der Waals surface area contributed by atoms with E-state index in [-0.39, 0.29) is 11.5 Å². The van der Waals surface area contributed by atoms with Crippen LogP contribution in [0.25, 0.3) is 0 Å². The van der Waals surface area contributed by atoms with E-state index in [9.17, 15) is 9.59 Å². The molecule has 1 atom stereocenters. The minimum atomic E-state index is -0.961. The van der Waals surface area contributed by atoms with Crippen LogP contribution in [0.3, 0.4) is 0 Å². The van der Waals surface area contributed by atoms with E-state index in [1.54, 1.807) is 6.07 Å². The topological polar surface area (TPSA) is 135 Å². The molecule has 136 valence electrons. The molecule has 1 aromatic heterocycles. The number of amides is 2. The van der Waals surface area contributed by atoms with Gasteiger partial charge >= 0.3 is 6.09 Å². The monoisotopic (exact) mass is 459 g/mol. The second-order valence-electron chi connectivity index (χ2n) is 6.83. The molecule has 0 aromatic carbocycles. The zero-order chi connectivity index (χ0) is 18.2. The Hall–Kier alpha value is -1.78. The maximum atomic E-state index is 11.8. The third-order valence-electron chi connectivity index (χ3n) is 5.51. The van der Waals surface area contributed by atoms with Crippen molar-refractivity contribution in [2.24, 2.45) is 11.1 Å². The van der Waals surface area contributed by atoms with Crippen LogP contribution in [0.4, 0.5) is 16.4 Å². The van der Waals surface area contributed by atoms with Gasteiger partial charge in [0.1, 0.15) is 11.6 Å². The van der Waals surface area contributed by atoms with E-state index in [4.69, 9.17) is 16.6 Å². The lowest BCUT2D eigenvalue weighted by atomic mass is 9.74. The van der Waals surface area contributed by atoms with Gasteiger partial charge in [0.05, 0.1) is 9.13 Å². The van der Waals surface area contributed by atoms with Crippen molar-refractivity contribution >= 4 is 46.2 Å². The highest BCUT2D eigenvalue weighted by molar-refractivity contribution is 14.1. The Morgan fingerprint density at radius 1 is 1.36 bits per heavy atom. The summed E-state index contributed by atoms with van der Waals surface area (Å²) >= 11 is 2.03. The molecule has 1 aliphatic heterocycles. The molecule has 1 saturated carbocycles. The molecule has 1 saturated heterocycles. The highest BCUT2D eigenvalue weighted by Gasteiger charge is 2.45. The van der Waals surface area contributed by atoms with Crippen LogP contribution in [0.15, 0.2) is 6.07 Å². The number of primary amides is 1. The lowest BCUT2D eigenvalue weighted by molar-refractivity contribution is 0.0999. The predicted octanol–water partition coefficient (Wildman–Crippen LogP) is 1.77. The van der Waals surface area contributed by atoms with Gasteiger partial charge in [-0.3, -0.25) is 4.79 Å². The summed E-state index contributed by atoms with van der Waals surface area (Å²) in [5.74, 6) is 0.389. The average molecular weight is 459 g/mol. The zero-order valence-corrected chi connectivity index (χ0v) is 16.0. The van der Waals surface area contributed by atoms with Crippen molar-refractivity contribution in [3.05, 3.63) is 15.2 Å². The molecule has 2 amide bonds. The smallest absolute Gasteiger partial charge is 0.404 e. The fourth-order valence-electron chi connectivity index (χ4n) is 4.19. The Morgan fingerprint density at radius 3 is 2.64 bits per heavy atom. The lowest BCUT2D eigenvalue weighted by Crippen LogP contribution is -2.50. The molecule has 1 aromatic rings. The highest BCUT2D eigenvalue weighted by Crippen LogP contribution is 2.47. The number of nitrogens with one attached hydrogen (secondary N) is 1. The summed E-state index contributed by atoms with van der Waals surface area (Å²) in [4.78, 5) is 29.3. The number of nitrogens with zero attached hydrogens (tertiary/aromatic N) is 2. The predicted molar refractivity (Wildman–Crippen MR) is 103 cm³/mol. The number of aromatic nitrogens is 1. The van der Waals surface area contributed by atoms with Gasteiger partial charge in [0.15, 0.2) is 0 Å². The summed E-state index contributed by atoms with van der Waals surface area (Å²) < 4.78 is 0.699. The first-order valence-corrected chi connectivity index (χ1v) is 9.40. The van der Waals surface area contributed by atoms with Crippen molar-refractivity contribution in [2.45, 2.75) is 38.1 Å². The number of nitrogen functional groups attached to an aromatic ring is 1. The number of halogens is 1. The third-order valence-corrected chi connectivity index (χ3v) is 6.38. The number of hydrogen-bond donors (Lipinski definition) is 4. The van der Waals surface area contributed by atoms with E-state index in [0.29, 0.717) is 33.9 Å². The largest absolute Gasteiger partial charge is 0.465 e. The van der Waals surface area contributed by atoms with Crippen LogP contribution in [-0.2, 0) is 0 Å². The summed E-state index contributed by atoms with van der Waals surface area (Å²) in [5, 5.41) is 11.8. The molecule has 0 bridgehead atoms. The van der Waals surface area contributed by atoms with Crippen LogP contribution in [-0.4, -0.2) is 41.2 Å². The molecule has 1 unspecified atom stereocenters. The number of pyridine rings is 1. The van der Waals surface area contributed by atoms with Gasteiger partial charge < -0.3 is 26.8 Å². The van der Waals surface area contributed by atoms with Gasteiger partial charge in [-0.2, -0.15) is 0 Å². The lowest BCUT2D eigenvalue weighted by Gasteiger charge is -2.43. The Morgan fingerprint density at radius 2 is 2.04 bits per heavy atom. The first-order valence-electron chi connectivity index (χ1n) is 8.33. The van der Waals surface area contributed by atoms with Gasteiger partial charge in [-0.1, -0.05) is 6.42 Å². The van der Waals surface area contributed by atoms with E-state index < -0.39 is 12.0 Å². The summed E-state index contributed by atoms with van der Waals surface area (Å²) in [6.07, 6.45) is 3.68. The van der Waals surface area contributed by atoms with Gasteiger partial charge in [0, 0.05) is 19.1 Å². The van der Waals surface area contributed by atoms with E-state index in [0.717, 1.165) is 32.1 Å². The molecular formula is C16H22IN5O3. The Kier molecular flexibility index (Phi) is 4.94. The maximum absolute atomic E-state index is 11.8. The maximum Gasteiger partial charge on any atom is 0.404 e. The summed E-state index contributed by atoms with van der Waals surface area (Å²) in [6, 6.07) is 1.67. The van der Waals surface area contributed by atoms with Crippen molar-refractivity contribution in [1.82, 2.24) is 10.3 Å². The second kappa shape index (κ2) is 6.85. The van der Waals surface area contributed by atoms with E-state index >= 15 is 0 Å². The number of carbonyl (C=O) groups is 2. The summed E-state index contributed by atoms with van der Waals surface area (Å²) in [6.45, 7) is 1.40. The molecule has 2 heterocycles. The molecule has 8 nitrogen and oxygen atoms in total. The molecule has 6 N–H and O–H groups in total. The summed E-state index contributed by atoms with van der Waals surface area (Å²) in [5.41, 5.74) is 11.8. The third kappa shape index (κ3) is 3.46. The number of carboxylic acid groups (broad SMARTS) is 1. The van der Waals surface area contributed by atoms with E-state index in [1.165, 1.54) is 0 Å². The molecule has 9 heteroatoms. The minimum Gasteiger partial charge on any atom is -0.465 e. The molecular weight excluding hydrogens is 437 g/mol. The van der Waals surface area contributed by atoms with Gasteiger partial charge in [-0.05, 0) is 59.8 Å². The number of rotatable bonds is 3. The van der Waals surface area contributed by atoms with Crippen LogP contribution in [0.1, 0.15) is 42.5 Å². The molecule has 25 heavy (non-hydrogen) atoms. The van der Waals surface area contributed by atoms with Crippen LogP contribution >= 0.6 is 22.6 Å². The molecule has 3 rings (SSSR count). The van der Waals surface area contributed by atoms with Gasteiger partial charge in [-0.15, -0.1) is 0 Å². The second-order valence-corrected chi connectivity index (χ2v) is 8.00. The van der Waals surface area contributed by atoms with Crippen LogP contribution in [0.5, 0.6) is 0 Å². The highest BCUT2D eigenvalue weighted by atomic mass is 127. The quantitative estimate of drug-likeness (QED) is 0.509. The summed E-state index contributed by atoms with van der Waals surface area (Å²) in [7, 11) is 0. The van der Waals surface area contributed by atoms with Crippen LogP contribution < -0.4 is 21.7 Å². The first kappa shape index (κ1) is 18.0. The van der Waals surface area contributed by atoms with Crippen molar-refractivity contribution in [3.63, 3.8) is 0 Å². The standard InChI is InChI=1S/C16H22IN5O3/c17-10-8-9(13(19)23)14(21-12(10)18)22-6-4-16(5-7-22)3-1-2-11(16)20-15(24)25/h8,11,20H,1-7H2,(H2,18,21)(H2,19,23)(H,24,25). The normalized spacial score (nSPS) is 22.1. The number of carbonyl (C=O) groups excluding carboxylic acids is 1.